The van der Waals surface area contributed by atoms with Gasteiger partial charge in [-0.1, -0.05) is 13.8 Å². The molecule has 0 aromatic heterocycles. The molecule has 3 nitrogen and oxygen atoms in total. The third-order valence-corrected chi connectivity index (χ3v) is 1.95. The van der Waals surface area contributed by atoms with E-state index in [1.165, 1.54) is 12.8 Å². The highest BCUT2D eigenvalue weighted by atomic mass is 15.8. The van der Waals surface area contributed by atoms with Crippen molar-refractivity contribution in [2.24, 2.45) is 0 Å². The van der Waals surface area contributed by atoms with Crippen LogP contribution >= 0.6 is 0 Å². The number of nitrogens with zero attached hydrogens (tertiary/aromatic N) is 3. The Labute approximate surface area is 69.3 Å². The predicted molar refractivity (Wildman–Crippen MR) is 45.9 cm³/mol. The summed E-state index contributed by atoms with van der Waals surface area (Å²) in [5.74, 6) is 0. The topological polar surface area (TPSA) is 20.6 Å². The molecule has 0 atom stereocenters. The molecule has 0 saturated carbocycles. The van der Waals surface area contributed by atoms with Gasteiger partial charge in [-0.25, -0.2) is 5.01 Å². The molecule has 1 radical (unpaired) electrons. The maximum Gasteiger partial charge on any atom is 0.0334 e. The molecule has 0 aliphatic carbocycles. The zero-order valence-electron chi connectivity index (χ0n) is 7.58. The van der Waals surface area contributed by atoms with E-state index in [9.17, 15) is 0 Å². The fourth-order valence-electron chi connectivity index (χ4n) is 1.39. The second kappa shape index (κ2) is 4.70. The zero-order chi connectivity index (χ0) is 8.10. The van der Waals surface area contributed by atoms with Crippen molar-refractivity contribution in [2.45, 2.75) is 26.7 Å². The van der Waals surface area contributed by atoms with Gasteiger partial charge in [0.25, 0.3) is 0 Å². The van der Waals surface area contributed by atoms with Crippen LogP contribution in [0.4, 0.5) is 0 Å². The van der Waals surface area contributed by atoms with Crippen LogP contribution in [0, 0.1) is 0 Å². The maximum absolute atomic E-state index is 4.38. The zero-order valence-corrected chi connectivity index (χ0v) is 7.58. The van der Waals surface area contributed by atoms with E-state index in [0.717, 1.165) is 26.2 Å². The van der Waals surface area contributed by atoms with Crippen LogP contribution in [0.25, 0.3) is 0 Å². The SMILES string of the molecule is CCCN(CC)N1CCC[N]1. The predicted octanol–water partition coefficient (Wildman–Crippen LogP) is 0.858. The van der Waals surface area contributed by atoms with E-state index in [-0.39, 0.29) is 0 Å². The van der Waals surface area contributed by atoms with Gasteiger partial charge in [-0.15, -0.1) is 5.43 Å². The molecule has 1 heterocycles. The monoisotopic (exact) mass is 156 g/mol. The normalized spacial score (nSPS) is 19.9. The van der Waals surface area contributed by atoms with E-state index >= 15 is 0 Å². The molecule has 0 bridgehead atoms. The first-order valence-electron chi connectivity index (χ1n) is 4.58. The smallest absolute Gasteiger partial charge is 0.0334 e. The van der Waals surface area contributed by atoms with Gasteiger partial charge in [-0.2, -0.15) is 5.12 Å². The quantitative estimate of drug-likeness (QED) is 0.601. The van der Waals surface area contributed by atoms with Crippen LogP contribution in [0.5, 0.6) is 0 Å². The molecule has 3 heteroatoms. The number of hydrazine groups is 1. The first-order valence-corrected chi connectivity index (χ1v) is 4.58. The van der Waals surface area contributed by atoms with Crippen LogP contribution in [0.3, 0.4) is 0 Å². The number of hydrogen-bond donors (Lipinski definition) is 0. The van der Waals surface area contributed by atoms with Crippen LogP contribution in [-0.2, 0) is 0 Å². The van der Waals surface area contributed by atoms with E-state index in [0.29, 0.717) is 0 Å². The first kappa shape index (κ1) is 8.97. The molecule has 1 aliphatic heterocycles. The Morgan fingerprint density at radius 2 is 2.27 bits per heavy atom. The van der Waals surface area contributed by atoms with Gasteiger partial charge in [0.2, 0.25) is 0 Å². The van der Waals surface area contributed by atoms with Gasteiger partial charge in [0.1, 0.15) is 0 Å². The van der Waals surface area contributed by atoms with E-state index in [1.807, 2.05) is 0 Å². The lowest BCUT2D eigenvalue weighted by Gasteiger charge is -2.28. The Morgan fingerprint density at radius 1 is 1.45 bits per heavy atom. The second-order valence-electron chi connectivity index (χ2n) is 2.86. The minimum atomic E-state index is 1.01. The molecule has 1 rings (SSSR count). The van der Waals surface area contributed by atoms with Crippen LogP contribution in [-0.4, -0.2) is 36.3 Å². The summed E-state index contributed by atoms with van der Waals surface area (Å²) in [5, 5.41) is 4.44. The van der Waals surface area contributed by atoms with Crippen molar-refractivity contribution in [2.75, 3.05) is 26.2 Å². The Hall–Kier alpha value is -0.120. The minimum absolute atomic E-state index is 1.01. The summed E-state index contributed by atoms with van der Waals surface area (Å²) in [6, 6.07) is 0. The van der Waals surface area contributed by atoms with Gasteiger partial charge < -0.3 is 0 Å². The molecular formula is C8H18N3. The van der Waals surface area contributed by atoms with Crippen LogP contribution in [0.1, 0.15) is 26.7 Å². The standard InChI is InChI=1S/C8H18N3/c1-3-7-10(4-2)11-8-5-6-9-11/h3-8H2,1-2H3. The molecule has 0 N–H and O–H groups in total. The summed E-state index contributed by atoms with van der Waals surface area (Å²) in [5.41, 5.74) is 4.38. The molecule has 1 fully saturated rings. The highest BCUT2D eigenvalue weighted by Gasteiger charge is 2.17. The summed E-state index contributed by atoms with van der Waals surface area (Å²) < 4.78 is 0. The average molecular weight is 156 g/mol. The van der Waals surface area contributed by atoms with Crippen molar-refractivity contribution in [3.63, 3.8) is 0 Å². The van der Waals surface area contributed by atoms with Crippen molar-refractivity contribution in [1.82, 2.24) is 15.6 Å². The molecule has 0 amide bonds. The molecule has 0 aromatic rings. The Morgan fingerprint density at radius 3 is 2.73 bits per heavy atom. The van der Waals surface area contributed by atoms with Gasteiger partial charge in [-0.3, -0.25) is 0 Å². The summed E-state index contributed by atoms with van der Waals surface area (Å²) in [6.07, 6.45) is 2.43. The van der Waals surface area contributed by atoms with E-state index in [2.05, 4.69) is 29.4 Å². The lowest BCUT2D eigenvalue weighted by Crippen LogP contribution is -2.43. The molecule has 65 valence electrons. The van der Waals surface area contributed by atoms with E-state index in [1.54, 1.807) is 0 Å². The van der Waals surface area contributed by atoms with Crippen molar-refractivity contribution < 1.29 is 0 Å². The maximum atomic E-state index is 4.38. The van der Waals surface area contributed by atoms with Crippen molar-refractivity contribution in [1.29, 1.82) is 0 Å². The highest BCUT2D eigenvalue weighted by molar-refractivity contribution is 4.59. The molecule has 0 unspecified atom stereocenters. The number of hydrogen-bond acceptors (Lipinski definition) is 2. The molecule has 11 heavy (non-hydrogen) atoms. The van der Waals surface area contributed by atoms with Crippen molar-refractivity contribution in [3.05, 3.63) is 0 Å². The number of rotatable bonds is 4. The van der Waals surface area contributed by atoms with Gasteiger partial charge in [0.05, 0.1) is 0 Å². The fourth-order valence-corrected chi connectivity index (χ4v) is 1.39. The van der Waals surface area contributed by atoms with Gasteiger partial charge in [0.15, 0.2) is 0 Å². The van der Waals surface area contributed by atoms with Crippen LogP contribution in [0.15, 0.2) is 0 Å². The molecule has 0 spiro atoms. The van der Waals surface area contributed by atoms with E-state index < -0.39 is 0 Å². The third-order valence-electron chi connectivity index (χ3n) is 1.95. The molecule has 1 saturated heterocycles. The largest absolute Gasteiger partial charge is 0.227 e. The Kier molecular flexibility index (Phi) is 3.83. The van der Waals surface area contributed by atoms with Crippen LogP contribution in [0.2, 0.25) is 0 Å². The molecular weight excluding hydrogens is 138 g/mol. The van der Waals surface area contributed by atoms with Gasteiger partial charge in [-0.05, 0) is 12.8 Å². The summed E-state index contributed by atoms with van der Waals surface area (Å²) in [4.78, 5) is 0. The third kappa shape index (κ3) is 2.43. The minimum Gasteiger partial charge on any atom is -0.227 e. The first-order chi connectivity index (χ1) is 5.38. The van der Waals surface area contributed by atoms with E-state index in [4.69, 9.17) is 0 Å². The average Bonchev–Trinajstić information content (AvgIpc) is 2.52. The van der Waals surface area contributed by atoms with Crippen molar-refractivity contribution >= 4 is 0 Å². The highest BCUT2D eigenvalue weighted by Crippen LogP contribution is 2.04. The van der Waals surface area contributed by atoms with Gasteiger partial charge in [0, 0.05) is 26.2 Å². The lowest BCUT2D eigenvalue weighted by atomic mass is 10.4. The molecule has 1 aliphatic rings. The summed E-state index contributed by atoms with van der Waals surface area (Å²) >= 11 is 0. The van der Waals surface area contributed by atoms with Crippen LogP contribution < -0.4 is 5.43 Å². The lowest BCUT2D eigenvalue weighted by molar-refractivity contribution is -0.0435. The summed E-state index contributed by atoms with van der Waals surface area (Å²) in [6.45, 7) is 8.74. The Bertz CT molecular complexity index is 99.5. The Balaban J connectivity index is 2.27. The van der Waals surface area contributed by atoms with Gasteiger partial charge >= 0.3 is 0 Å². The van der Waals surface area contributed by atoms with Crippen molar-refractivity contribution in [3.8, 4) is 0 Å². The fraction of sp³-hybridized carbons (Fsp3) is 1.00. The second-order valence-corrected chi connectivity index (χ2v) is 2.86. The summed E-state index contributed by atoms with van der Waals surface area (Å²) in [7, 11) is 0. The molecule has 0 aromatic carbocycles.